The van der Waals surface area contributed by atoms with E-state index in [0.29, 0.717) is 88.0 Å². The summed E-state index contributed by atoms with van der Waals surface area (Å²) in [5.74, 6) is 3.21. The summed E-state index contributed by atoms with van der Waals surface area (Å²) in [6, 6.07) is 17.7. The molecular weight excluding hydrogens is 1370 g/mol. The first kappa shape index (κ1) is 91.1. The van der Waals surface area contributed by atoms with Crippen molar-refractivity contribution in [3.05, 3.63) is 192 Å². The molecule has 2 atom stereocenters. The molecule has 2 unspecified atom stereocenters. The van der Waals surface area contributed by atoms with Crippen LogP contribution in [0.25, 0.3) is 0 Å². The van der Waals surface area contributed by atoms with Gasteiger partial charge in [-0.15, -0.1) is 0 Å². The zero-order chi connectivity index (χ0) is 80.0. The van der Waals surface area contributed by atoms with E-state index in [0.717, 1.165) is 94.0 Å². The fourth-order valence-corrected chi connectivity index (χ4v) is 10.6. The van der Waals surface area contributed by atoms with E-state index < -0.39 is 57.5 Å². The summed E-state index contributed by atoms with van der Waals surface area (Å²) in [5, 5.41) is 17.7. The van der Waals surface area contributed by atoms with Gasteiger partial charge >= 0.3 is 41.8 Å². The van der Waals surface area contributed by atoms with Crippen molar-refractivity contribution in [1.82, 2.24) is 0 Å². The standard InChI is InChI=1S/C16H22O4.C15H20O4.C14H22O5.C13H18O4.C12H16O4.C11H14O4/c1-12(2)15(17)20-16(9-5-4-6-10-16)14-8-7-13(19-14)11-18-3;1-11(2)14(16)19-15(8-4-5-9-15)13-7-6-12(18-13)10-17-3;1-9(2)13(16)19-14(4,5)12-7-6-11(18-12)8-17-10(3)15;1-9(2)12(14)17-13(3,4)11-7-6-10(16-11)8-15-5;1-8(2)11(14)16-12(3,4)10-6-5-9(7-13)15-10;1-4-10(13)15-11(2,3)9-6-5-8(7-12)14-9/h7-8H,1,4-6,9-11H2,2-3H3;6-7H,1,4-5,8-10H2,2-3H3;11-12H,1,6-8H2,2-5H3;6-7H,1,8H2,2-5H3;5-6,13H,1,7H2,2-4H3;4-6,12H,1,7H2,2-3H3. The highest BCUT2D eigenvalue weighted by molar-refractivity contribution is 5.89. The monoisotopic (exact) mass is 1480 g/mol. The molecule has 5 aromatic rings. The van der Waals surface area contributed by atoms with E-state index in [-0.39, 0.29) is 49.9 Å². The van der Waals surface area contributed by atoms with E-state index in [9.17, 15) is 33.6 Å². The van der Waals surface area contributed by atoms with Gasteiger partial charge in [0.2, 0.25) is 0 Å². The predicted molar refractivity (Wildman–Crippen MR) is 391 cm³/mol. The lowest BCUT2D eigenvalue weighted by molar-refractivity contribution is -0.169. The maximum Gasteiger partial charge on any atom is 0.334 e. The van der Waals surface area contributed by atoms with Crippen LogP contribution in [0.15, 0.2) is 156 Å². The van der Waals surface area contributed by atoms with Crippen LogP contribution in [-0.2, 0) is 147 Å². The second-order valence-corrected chi connectivity index (χ2v) is 27.9. The molecule has 8 rings (SSSR count). The topological polar surface area (TPSA) is 327 Å². The molecule has 25 nitrogen and oxygen atoms in total. The predicted octanol–water partition coefficient (Wildman–Crippen LogP) is 15.7. The van der Waals surface area contributed by atoms with Crippen LogP contribution in [-0.4, -0.2) is 97.7 Å². The van der Waals surface area contributed by atoms with Gasteiger partial charge in [-0.2, -0.15) is 0 Å². The van der Waals surface area contributed by atoms with E-state index >= 15 is 0 Å². The number of esters is 7. The van der Waals surface area contributed by atoms with Crippen LogP contribution < -0.4 is 0 Å². The average Bonchev–Trinajstić information content (AvgIpc) is 1.63. The summed E-state index contributed by atoms with van der Waals surface area (Å²) in [7, 11) is 4.84. The van der Waals surface area contributed by atoms with Gasteiger partial charge in [0.05, 0.1) is 12.2 Å². The Kier molecular flexibility index (Phi) is 36.3. The first-order valence-electron chi connectivity index (χ1n) is 34.8. The van der Waals surface area contributed by atoms with Crippen molar-refractivity contribution in [2.45, 2.75) is 246 Å². The van der Waals surface area contributed by atoms with Crippen molar-refractivity contribution < 1.29 is 118 Å². The van der Waals surface area contributed by atoms with Crippen LogP contribution in [0, 0.1) is 0 Å². The van der Waals surface area contributed by atoms with E-state index in [1.165, 1.54) is 6.92 Å². The number of hydrogen-bond donors (Lipinski definition) is 2. The Hall–Kier alpha value is -9.11. The summed E-state index contributed by atoms with van der Waals surface area (Å²) in [6.45, 7) is 45.8. The van der Waals surface area contributed by atoms with Crippen LogP contribution in [0.3, 0.4) is 0 Å². The molecule has 25 heteroatoms. The highest BCUT2D eigenvalue weighted by atomic mass is 16.6. The van der Waals surface area contributed by atoms with E-state index in [1.54, 1.807) is 134 Å². The van der Waals surface area contributed by atoms with Gasteiger partial charge in [0.25, 0.3) is 0 Å². The second kappa shape index (κ2) is 42.3. The minimum Gasteiger partial charge on any atom is -0.463 e. The van der Waals surface area contributed by atoms with Gasteiger partial charge in [-0.3, -0.25) is 4.79 Å². The van der Waals surface area contributed by atoms with Crippen molar-refractivity contribution in [1.29, 1.82) is 0 Å². The molecule has 2 N–H and O–H groups in total. The number of carbonyl (C=O) groups is 7. The molecule has 2 saturated carbocycles. The Morgan fingerprint density at radius 1 is 0.453 bits per heavy atom. The minimum atomic E-state index is -0.872. The van der Waals surface area contributed by atoms with E-state index in [4.69, 9.17) is 84.4 Å². The van der Waals surface area contributed by atoms with Crippen LogP contribution in [0.1, 0.15) is 225 Å². The molecule has 3 aliphatic rings. The summed E-state index contributed by atoms with van der Waals surface area (Å²) in [5.41, 5.74) is -2.65. The molecule has 106 heavy (non-hydrogen) atoms. The lowest BCUT2D eigenvalue weighted by atomic mass is 9.82. The molecule has 586 valence electrons. The van der Waals surface area contributed by atoms with Crippen molar-refractivity contribution in [3.8, 4) is 0 Å². The molecule has 0 spiro atoms. The van der Waals surface area contributed by atoms with Gasteiger partial charge in [0.1, 0.15) is 103 Å². The van der Waals surface area contributed by atoms with Crippen LogP contribution >= 0.6 is 0 Å². The number of furan rings is 5. The maximum atomic E-state index is 11.9. The highest BCUT2D eigenvalue weighted by Gasteiger charge is 2.44. The van der Waals surface area contributed by atoms with Crippen LogP contribution in [0.5, 0.6) is 0 Å². The van der Waals surface area contributed by atoms with Crippen molar-refractivity contribution in [2.24, 2.45) is 0 Å². The highest BCUT2D eigenvalue weighted by Crippen LogP contribution is 2.45. The number of hydrogen-bond acceptors (Lipinski definition) is 25. The normalized spacial score (nSPS) is 15.7. The molecule has 0 amide bonds. The number of carbonyl (C=O) groups excluding carboxylic acids is 7. The smallest absolute Gasteiger partial charge is 0.334 e. The summed E-state index contributed by atoms with van der Waals surface area (Å²) in [6.07, 6.45) is 10.8. The maximum absolute atomic E-state index is 11.9. The van der Waals surface area contributed by atoms with Crippen molar-refractivity contribution in [3.63, 3.8) is 0 Å². The number of rotatable bonds is 28. The van der Waals surface area contributed by atoms with Gasteiger partial charge in [-0.1, -0.05) is 45.9 Å². The van der Waals surface area contributed by atoms with E-state index in [1.807, 2.05) is 38.1 Å². The lowest BCUT2D eigenvalue weighted by Gasteiger charge is -2.35. The van der Waals surface area contributed by atoms with Crippen molar-refractivity contribution >= 4 is 41.8 Å². The quantitative estimate of drug-likeness (QED) is 0.0267. The Morgan fingerprint density at radius 2 is 0.783 bits per heavy atom. The Balaban J connectivity index is 0.000000331. The van der Waals surface area contributed by atoms with Crippen molar-refractivity contribution in [2.75, 3.05) is 27.9 Å². The van der Waals surface area contributed by atoms with E-state index in [2.05, 4.69) is 39.5 Å². The van der Waals surface area contributed by atoms with Gasteiger partial charge in [-0.05, 0) is 215 Å². The number of aliphatic hydroxyl groups excluding tert-OH is 2. The fourth-order valence-electron chi connectivity index (χ4n) is 10.6. The van der Waals surface area contributed by atoms with Gasteiger partial charge in [0, 0.05) is 62.2 Å². The summed E-state index contributed by atoms with van der Waals surface area (Å²) in [4.78, 5) is 80.0. The second-order valence-electron chi connectivity index (χ2n) is 27.9. The zero-order valence-corrected chi connectivity index (χ0v) is 65.1. The third-order valence-electron chi connectivity index (χ3n) is 16.5. The molecule has 6 heterocycles. The molecule has 0 radical (unpaired) electrons. The molecule has 1 saturated heterocycles. The first-order chi connectivity index (χ1) is 49.6. The SMILES string of the molecule is C=C(C)C(=O)OC(C)(C)C1CCC(COC(C)=O)O1.C=C(C)C(=O)OC(C)(C)c1ccc(CO)o1.C=C(C)C(=O)OC(C)(C)c1ccc(COC)o1.C=C(C)C(=O)OC1(c2ccc(COC)o2)CCCC1.C=C(C)C(=O)OC1(c2ccc(COC)o2)CCCCC1.C=CC(=O)OC(C)(C)c1ccc(CO)o1. The first-order valence-corrected chi connectivity index (χ1v) is 34.8. The number of ether oxygens (including phenoxy) is 11. The minimum absolute atomic E-state index is 0.128. The third-order valence-corrected chi connectivity index (χ3v) is 16.5. The average molecular weight is 1490 g/mol. The summed E-state index contributed by atoms with van der Waals surface area (Å²) < 4.78 is 85.9. The molecule has 0 aromatic carbocycles. The molecule has 0 bridgehead atoms. The molecule has 2 aliphatic carbocycles. The van der Waals surface area contributed by atoms with Gasteiger partial charge in [0.15, 0.2) is 28.0 Å². The largest absolute Gasteiger partial charge is 0.463 e. The van der Waals surface area contributed by atoms with Crippen LogP contribution in [0.2, 0.25) is 0 Å². The van der Waals surface area contributed by atoms with Gasteiger partial charge < -0.3 is 84.4 Å². The number of aliphatic hydroxyl groups is 2. The number of methoxy groups -OCH3 is 3. The Bertz CT molecular complexity index is 3740. The molecular formula is C81H112O25. The molecule has 5 aromatic heterocycles. The Labute approximate surface area is 623 Å². The Morgan fingerprint density at radius 3 is 1.12 bits per heavy atom. The van der Waals surface area contributed by atoms with Gasteiger partial charge in [-0.25, -0.2) is 28.8 Å². The van der Waals surface area contributed by atoms with Crippen LogP contribution in [0.4, 0.5) is 0 Å². The zero-order valence-electron chi connectivity index (χ0n) is 65.1. The summed E-state index contributed by atoms with van der Waals surface area (Å²) >= 11 is 0. The third kappa shape index (κ3) is 29.0. The fraction of sp³-hybridized carbons (Fsp3) is 0.519. The molecule has 1 aliphatic heterocycles. The molecule has 3 fully saturated rings. The lowest BCUT2D eigenvalue weighted by Crippen LogP contribution is -2.41.